The first-order valence-electron chi connectivity index (χ1n) is 10.0. The molecule has 0 heterocycles. The number of carbonyl (C=O) groups excluding carboxylic acids is 1. The normalized spacial score (nSPS) is 17.9. The van der Waals surface area contributed by atoms with Crippen LogP contribution in [0.2, 0.25) is 13.1 Å². The molecule has 0 amide bonds. The van der Waals surface area contributed by atoms with Crippen LogP contribution in [0.25, 0.3) is 0 Å². The summed E-state index contributed by atoms with van der Waals surface area (Å²) >= 11 is 0. The monoisotopic (exact) mass is 364 g/mol. The quantitative estimate of drug-likeness (QED) is 0.294. The van der Waals surface area contributed by atoms with Crippen molar-refractivity contribution >= 4 is 15.3 Å². The molecule has 1 aliphatic rings. The molecule has 0 bridgehead atoms. The maximum atomic E-state index is 11.9. The van der Waals surface area contributed by atoms with Crippen LogP contribution in [-0.2, 0) is 9.53 Å². The minimum Gasteiger partial charge on any atom is -0.368 e. The second kappa shape index (κ2) is 14.3. The zero-order valence-corrected chi connectivity index (χ0v) is 18.9. The van der Waals surface area contributed by atoms with Gasteiger partial charge in [-0.1, -0.05) is 43.8 Å². The van der Waals surface area contributed by atoms with E-state index in [4.69, 9.17) is 4.74 Å². The van der Waals surface area contributed by atoms with Gasteiger partial charge in [-0.2, -0.15) is 0 Å². The molecule has 25 heavy (non-hydrogen) atoms. The zero-order chi connectivity index (χ0) is 19.1. The van der Waals surface area contributed by atoms with Gasteiger partial charge in [-0.05, 0) is 71.4 Å². The molecule has 1 aliphatic carbocycles. The molecule has 0 radical (unpaired) electrons. The number of unbranched alkanes of at least 4 members (excludes halogenated alkanes) is 4. The van der Waals surface area contributed by atoms with Gasteiger partial charge in [-0.15, -0.1) is 0 Å². The Hall–Kier alpha value is -0.933. The molecule has 1 atom stereocenters. The third kappa shape index (κ3) is 14.0. The van der Waals surface area contributed by atoms with Crippen LogP contribution in [0.3, 0.4) is 0 Å². The Balaban J connectivity index is 0.00000178. The van der Waals surface area contributed by atoms with Crippen LogP contribution >= 0.6 is 0 Å². The number of hydrogen-bond donors (Lipinski definition) is 0. The Bertz CT molecular complexity index is 441. The van der Waals surface area contributed by atoms with E-state index in [2.05, 4.69) is 44.3 Å². The average molecular weight is 365 g/mol. The second-order valence-corrected chi connectivity index (χ2v) is 9.09. The van der Waals surface area contributed by atoms with Crippen molar-refractivity contribution in [2.24, 2.45) is 0 Å². The van der Waals surface area contributed by atoms with Crippen LogP contribution in [0.15, 0.2) is 36.0 Å². The van der Waals surface area contributed by atoms with Crippen LogP contribution < -0.4 is 0 Å². The third-order valence-corrected chi connectivity index (χ3v) is 3.62. The van der Waals surface area contributed by atoms with Gasteiger partial charge in [-0.3, -0.25) is 4.79 Å². The SMILES string of the molecule is C/C=C/CCCCC/C=C\CC1=CC(OC(C)(C)C)CC1=O.C[SiH2]C. The van der Waals surface area contributed by atoms with Gasteiger partial charge in [-0.25, -0.2) is 0 Å². The maximum absolute atomic E-state index is 11.9. The summed E-state index contributed by atoms with van der Waals surface area (Å²) in [6, 6.07) is 0. The topological polar surface area (TPSA) is 26.3 Å². The third-order valence-electron chi connectivity index (χ3n) is 3.62. The van der Waals surface area contributed by atoms with Gasteiger partial charge in [0, 0.05) is 15.9 Å². The summed E-state index contributed by atoms with van der Waals surface area (Å²) in [4.78, 5) is 11.9. The summed E-state index contributed by atoms with van der Waals surface area (Å²) in [6.07, 6.45) is 18.0. The van der Waals surface area contributed by atoms with Crippen molar-refractivity contribution in [3.8, 4) is 0 Å². The first-order valence-corrected chi connectivity index (χ1v) is 12.8. The molecule has 144 valence electrons. The van der Waals surface area contributed by atoms with Gasteiger partial charge in [0.25, 0.3) is 0 Å². The summed E-state index contributed by atoms with van der Waals surface area (Å²) in [5, 5.41) is 0. The number of rotatable bonds is 9. The van der Waals surface area contributed by atoms with Gasteiger partial charge >= 0.3 is 0 Å². The molecule has 1 unspecified atom stereocenters. The van der Waals surface area contributed by atoms with Crippen LogP contribution in [0, 0.1) is 0 Å². The molecule has 0 saturated heterocycles. The van der Waals surface area contributed by atoms with E-state index in [1.807, 2.05) is 26.8 Å². The van der Waals surface area contributed by atoms with E-state index < -0.39 is 0 Å². The molecule has 0 saturated carbocycles. The summed E-state index contributed by atoms with van der Waals surface area (Å²) in [6.45, 7) is 12.7. The standard InChI is InChI=1S/C20H32O2.C2H8Si/c1-5-6-7-8-9-10-11-12-13-14-17-15-18(16-19(17)21)22-20(2,3)4;1-3-2/h5-6,12-13,15,18H,7-11,14,16H2,1-4H3;3H2,1-2H3/b6-5+,13-12-;. The van der Waals surface area contributed by atoms with Crippen molar-refractivity contribution in [3.63, 3.8) is 0 Å². The molecule has 0 aromatic carbocycles. The fourth-order valence-corrected chi connectivity index (χ4v) is 2.60. The van der Waals surface area contributed by atoms with Crippen molar-refractivity contribution < 1.29 is 9.53 Å². The second-order valence-electron chi connectivity index (χ2n) is 7.68. The molecule has 0 aromatic rings. The molecular weight excluding hydrogens is 324 g/mol. The summed E-state index contributed by atoms with van der Waals surface area (Å²) < 4.78 is 5.86. The van der Waals surface area contributed by atoms with Gasteiger partial charge < -0.3 is 4.74 Å². The van der Waals surface area contributed by atoms with E-state index in [0.717, 1.165) is 18.4 Å². The van der Waals surface area contributed by atoms with E-state index in [1.165, 1.54) is 25.7 Å². The van der Waals surface area contributed by atoms with Gasteiger partial charge in [0.05, 0.1) is 11.7 Å². The predicted octanol–water partition coefficient (Wildman–Crippen LogP) is 5.79. The van der Waals surface area contributed by atoms with Crippen molar-refractivity contribution in [2.75, 3.05) is 0 Å². The molecule has 0 aliphatic heterocycles. The lowest BCUT2D eigenvalue weighted by Crippen LogP contribution is -2.25. The first kappa shape index (κ1) is 24.1. The molecule has 0 N–H and O–H groups in total. The van der Waals surface area contributed by atoms with E-state index in [-0.39, 0.29) is 17.5 Å². The van der Waals surface area contributed by atoms with E-state index in [0.29, 0.717) is 15.9 Å². The fourth-order valence-electron chi connectivity index (χ4n) is 2.60. The Kier molecular flexibility index (Phi) is 13.7. The lowest BCUT2D eigenvalue weighted by molar-refractivity contribution is -0.118. The molecule has 1 rings (SSSR count). The molecule has 0 spiro atoms. The van der Waals surface area contributed by atoms with Crippen LogP contribution in [-0.4, -0.2) is 27.0 Å². The summed E-state index contributed by atoms with van der Waals surface area (Å²) in [5.74, 6) is 0.241. The Morgan fingerprint density at radius 2 is 1.72 bits per heavy atom. The Labute approximate surface area is 158 Å². The molecule has 3 heteroatoms. The number of carbonyl (C=O) groups is 1. The highest BCUT2D eigenvalue weighted by molar-refractivity contribution is 6.31. The maximum Gasteiger partial charge on any atom is 0.161 e. The van der Waals surface area contributed by atoms with Crippen molar-refractivity contribution in [1.82, 2.24) is 0 Å². The van der Waals surface area contributed by atoms with E-state index >= 15 is 0 Å². The van der Waals surface area contributed by atoms with Crippen molar-refractivity contribution in [2.45, 2.75) is 97.4 Å². The Morgan fingerprint density at radius 1 is 1.12 bits per heavy atom. The Morgan fingerprint density at radius 3 is 2.28 bits per heavy atom. The van der Waals surface area contributed by atoms with Crippen LogP contribution in [0.1, 0.15) is 72.6 Å². The average Bonchev–Trinajstić information content (AvgIpc) is 2.84. The molecule has 0 aromatic heterocycles. The number of hydrogen-bond acceptors (Lipinski definition) is 2. The smallest absolute Gasteiger partial charge is 0.161 e. The van der Waals surface area contributed by atoms with Gasteiger partial charge in [0.15, 0.2) is 5.78 Å². The number of ether oxygens (including phenoxy) is 1. The van der Waals surface area contributed by atoms with Crippen LogP contribution in [0.4, 0.5) is 0 Å². The summed E-state index contributed by atoms with van der Waals surface area (Å²) in [7, 11) is 0.417. The number of Topliss-reactive ketones (excluding diaryl/α,β-unsaturated/α-hetero) is 1. The number of allylic oxidation sites excluding steroid dienone is 5. The molecule has 2 nitrogen and oxygen atoms in total. The minimum atomic E-state index is -0.195. The van der Waals surface area contributed by atoms with Crippen LogP contribution in [0.5, 0.6) is 0 Å². The lowest BCUT2D eigenvalue weighted by Gasteiger charge is -2.23. The molecule has 0 fully saturated rings. The van der Waals surface area contributed by atoms with E-state index in [9.17, 15) is 4.79 Å². The predicted molar refractivity (Wildman–Crippen MR) is 114 cm³/mol. The van der Waals surface area contributed by atoms with Crippen molar-refractivity contribution in [3.05, 3.63) is 36.0 Å². The number of ketones is 1. The first-order chi connectivity index (χ1) is 11.8. The van der Waals surface area contributed by atoms with Gasteiger partial charge in [0.2, 0.25) is 0 Å². The van der Waals surface area contributed by atoms with E-state index in [1.54, 1.807) is 0 Å². The highest BCUT2D eigenvalue weighted by Crippen LogP contribution is 2.24. The van der Waals surface area contributed by atoms with Gasteiger partial charge in [0.1, 0.15) is 0 Å². The highest BCUT2D eigenvalue weighted by Gasteiger charge is 2.27. The zero-order valence-electron chi connectivity index (χ0n) is 17.4. The highest BCUT2D eigenvalue weighted by atomic mass is 28.2. The molecular formula is C22H40O2Si. The largest absolute Gasteiger partial charge is 0.368 e. The van der Waals surface area contributed by atoms with Crippen molar-refractivity contribution in [1.29, 1.82) is 0 Å². The minimum absolute atomic E-state index is 0.0393. The fraction of sp³-hybridized carbons (Fsp3) is 0.682. The lowest BCUT2D eigenvalue weighted by atomic mass is 10.1. The summed E-state index contributed by atoms with van der Waals surface area (Å²) in [5.41, 5.74) is 0.721.